The largest absolute Gasteiger partial charge is 0.482 e. The molecule has 1 heterocycles. The summed E-state index contributed by atoms with van der Waals surface area (Å²) in [6.07, 6.45) is 2.04. The van der Waals surface area contributed by atoms with Crippen LogP contribution in [0.5, 0.6) is 5.75 Å². The second-order valence-electron chi connectivity index (χ2n) is 6.79. The molecule has 0 unspecified atom stereocenters. The highest BCUT2D eigenvalue weighted by Crippen LogP contribution is 2.31. The Morgan fingerprint density at radius 2 is 1.90 bits per heavy atom. The summed E-state index contributed by atoms with van der Waals surface area (Å²) >= 11 is 12.2. The molecule has 0 aliphatic rings. The monoisotopic (exact) mass is 479 g/mol. The fourth-order valence-corrected chi connectivity index (χ4v) is 3.72. The molecule has 0 saturated heterocycles. The molecule has 0 bridgehead atoms. The third-order valence-corrected chi connectivity index (χ3v) is 6.03. The molecule has 1 aromatic heterocycles. The molecule has 1 amide bonds. The lowest BCUT2D eigenvalue weighted by Gasteiger charge is -2.18. The van der Waals surface area contributed by atoms with Gasteiger partial charge in [-0.2, -0.15) is 0 Å². The number of nitrogens with two attached hydrogens (primary N) is 1. The smallest absolute Gasteiger partial charge is 0.255 e. The van der Waals surface area contributed by atoms with Crippen molar-refractivity contribution < 1.29 is 17.9 Å². The number of carbonyl (C=O) groups excluding carboxylic acids is 1. The molecule has 10 heteroatoms. The van der Waals surface area contributed by atoms with Crippen LogP contribution in [-0.2, 0) is 9.84 Å². The Balaban J connectivity index is 1.82. The average Bonchev–Trinajstić information content (AvgIpc) is 2.71. The molecule has 0 aliphatic carbocycles. The molecule has 1 atom stereocenters. The van der Waals surface area contributed by atoms with Crippen LogP contribution >= 0.6 is 23.2 Å². The number of nitrogens with one attached hydrogen (secondary N) is 1. The third kappa shape index (κ3) is 5.66. The van der Waals surface area contributed by atoms with Gasteiger partial charge < -0.3 is 15.8 Å². The number of hydrogen-bond acceptors (Lipinski definition) is 6. The van der Waals surface area contributed by atoms with Crippen LogP contribution in [0.3, 0.4) is 0 Å². The first-order chi connectivity index (χ1) is 14.5. The Morgan fingerprint density at radius 3 is 2.61 bits per heavy atom. The second kappa shape index (κ2) is 9.13. The highest BCUT2D eigenvalue weighted by molar-refractivity contribution is 7.90. The Kier molecular flexibility index (Phi) is 6.74. The number of hydrogen-bond donors (Lipinski definition) is 2. The first-order valence-corrected chi connectivity index (χ1v) is 11.7. The number of sulfone groups is 1. The standard InChI is InChI=1S/C21H19Cl2N3O4S/c1-12(30-19-10-15(22)11-25-20(19)24)13-6-7-17(23)18(9-13)26-21(27)14-4-3-5-16(8-14)31(2,28)29/h3-12H,1-2H3,(H2,24,25)(H,26,27)/t12-/m1/s1. The van der Waals surface area contributed by atoms with Crippen molar-refractivity contribution >= 4 is 50.5 Å². The van der Waals surface area contributed by atoms with Gasteiger partial charge in [0.2, 0.25) is 0 Å². The van der Waals surface area contributed by atoms with Gasteiger partial charge in [-0.25, -0.2) is 13.4 Å². The molecule has 3 aromatic rings. The van der Waals surface area contributed by atoms with Gasteiger partial charge in [-0.15, -0.1) is 0 Å². The van der Waals surface area contributed by atoms with Crippen molar-refractivity contribution in [3.05, 3.63) is 75.9 Å². The van der Waals surface area contributed by atoms with Crippen LogP contribution in [0, 0.1) is 0 Å². The number of aromatic nitrogens is 1. The van der Waals surface area contributed by atoms with Crippen molar-refractivity contribution in [1.29, 1.82) is 0 Å². The maximum absolute atomic E-state index is 12.7. The predicted molar refractivity (Wildman–Crippen MR) is 122 cm³/mol. The van der Waals surface area contributed by atoms with Crippen molar-refractivity contribution in [3.63, 3.8) is 0 Å². The van der Waals surface area contributed by atoms with Gasteiger partial charge in [0.1, 0.15) is 6.10 Å². The SMILES string of the molecule is C[C@@H](Oc1cc(Cl)cnc1N)c1ccc(Cl)c(NC(=O)c2cccc(S(C)(=O)=O)c2)c1. The number of pyridine rings is 1. The quantitative estimate of drug-likeness (QED) is 0.526. The number of rotatable bonds is 6. The topological polar surface area (TPSA) is 111 Å². The van der Waals surface area contributed by atoms with E-state index in [0.717, 1.165) is 6.26 Å². The molecule has 3 rings (SSSR count). The van der Waals surface area contributed by atoms with Crippen LogP contribution in [-0.4, -0.2) is 25.6 Å². The number of anilines is 2. The van der Waals surface area contributed by atoms with Crippen LogP contribution in [0.15, 0.2) is 59.6 Å². The van der Waals surface area contributed by atoms with Crippen LogP contribution in [0.2, 0.25) is 10.0 Å². The molecule has 0 radical (unpaired) electrons. The van der Waals surface area contributed by atoms with Gasteiger partial charge in [0.15, 0.2) is 21.4 Å². The summed E-state index contributed by atoms with van der Waals surface area (Å²) in [5.41, 5.74) is 7.07. The van der Waals surface area contributed by atoms with Gasteiger partial charge in [-0.3, -0.25) is 4.79 Å². The van der Waals surface area contributed by atoms with Crippen LogP contribution < -0.4 is 15.8 Å². The van der Waals surface area contributed by atoms with Crippen molar-refractivity contribution in [2.75, 3.05) is 17.3 Å². The molecular formula is C21H19Cl2N3O4S. The minimum absolute atomic E-state index is 0.0507. The summed E-state index contributed by atoms with van der Waals surface area (Å²) in [5, 5.41) is 3.40. The van der Waals surface area contributed by atoms with E-state index in [0.29, 0.717) is 27.0 Å². The summed E-state index contributed by atoms with van der Waals surface area (Å²) in [5.74, 6) is 0.0315. The van der Waals surface area contributed by atoms with E-state index in [9.17, 15) is 13.2 Å². The Labute approximate surface area is 190 Å². The number of amides is 1. The first kappa shape index (κ1) is 22.9. The highest BCUT2D eigenvalue weighted by atomic mass is 35.5. The number of carbonyl (C=O) groups is 1. The maximum atomic E-state index is 12.7. The molecule has 2 aromatic carbocycles. The van der Waals surface area contributed by atoms with Crippen LogP contribution in [0.1, 0.15) is 28.9 Å². The van der Waals surface area contributed by atoms with Crippen LogP contribution in [0.4, 0.5) is 11.5 Å². The van der Waals surface area contributed by atoms with Crippen LogP contribution in [0.25, 0.3) is 0 Å². The minimum atomic E-state index is -3.44. The van der Waals surface area contributed by atoms with Crippen molar-refractivity contribution in [1.82, 2.24) is 4.98 Å². The van der Waals surface area contributed by atoms with Gasteiger partial charge in [-0.05, 0) is 42.8 Å². The molecule has 31 heavy (non-hydrogen) atoms. The zero-order valence-electron chi connectivity index (χ0n) is 16.6. The number of halogens is 2. The summed E-state index contributed by atoms with van der Waals surface area (Å²) in [4.78, 5) is 16.7. The molecule has 3 N–H and O–H groups in total. The van der Waals surface area contributed by atoms with Crippen molar-refractivity contribution in [2.24, 2.45) is 0 Å². The highest BCUT2D eigenvalue weighted by Gasteiger charge is 2.16. The molecule has 0 fully saturated rings. The van der Waals surface area contributed by atoms with Crippen molar-refractivity contribution in [3.8, 4) is 5.75 Å². The van der Waals surface area contributed by atoms with Gasteiger partial charge in [0.05, 0.1) is 20.6 Å². The van der Waals surface area contributed by atoms with E-state index in [-0.39, 0.29) is 16.3 Å². The number of ether oxygens (including phenoxy) is 1. The predicted octanol–water partition coefficient (Wildman–Crippen LogP) is 4.77. The fraction of sp³-hybridized carbons (Fsp3) is 0.143. The first-order valence-electron chi connectivity index (χ1n) is 9.03. The Bertz CT molecular complexity index is 1250. The third-order valence-electron chi connectivity index (χ3n) is 4.38. The number of benzene rings is 2. The maximum Gasteiger partial charge on any atom is 0.255 e. The molecule has 7 nitrogen and oxygen atoms in total. The van der Waals surface area contributed by atoms with Gasteiger partial charge in [-0.1, -0.05) is 35.3 Å². The summed E-state index contributed by atoms with van der Waals surface area (Å²) in [7, 11) is -3.44. The lowest BCUT2D eigenvalue weighted by Crippen LogP contribution is -2.14. The Hall–Kier alpha value is -2.81. The summed E-state index contributed by atoms with van der Waals surface area (Å²) in [6, 6.07) is 12.4. The van der Waals surface area contributed by atoms with E-state index in [1.54, 1.807) is 31.2 Å². The van der Waals surface area contributed by atoms with E-state index in [1.807, 2.05) is 0 Å². The fourth-order valence-electron chi connectivity index (χ4n) is 2.74. The number of nitrogen functional groups attached to an aromatic ring is 1. The van der Waals surface area contributed by atoms with E-state index in [2.05, 4.69) is 10.3 Å². The van der Waals surface area contributed by atoms with Crippen molar-refractivity contribution in [2.45, 2.75) is 17.9 Å². The zero-order chi connectivity index (χ0) is 22.8. The molecule has 162 valence electrons. The van der Waals surface area contributed by atoms with E-state index in [4.69, 9.17) is 33.7 Å². The Morgan fingerprint density at radius 1 is 1.16 bits per heavy atom. The van der Waals surface area contributed by atoms with Gasteiger partial charge in [0, 0.05) is 24.1 Å². The molecular weight excluding hydrogens is 461 g/mol. The van der Waals surface area contributed by atoms with E-state index in [1.165, 1.54) is 30.5 Å². The number of nitrogens with zero attached hydrogens (tertiary/aromatic N) is 1. The summed E-state index contributed by atoms with van der Waals surface area (Å²) in [6.45, 7) is 1.80. The van der Waals surface area contributed by atoms with Gasteiger partial charge in [0.25, 0.3) is 5.91 Å². The molecule has 0 spiro atoms. The van der Waals surface area contributed by atoms with Gasteiger partial charge >= 0.3 is 0 Å². The lowest BCUT2D eigenvalue weighted by molar-refractivity contribution is 0.102. The van der Waals surface area contributed by atoms with E-state index < -0.39 is 21.8 Å². The average molecular weight is 480 g/mol. The summed E-state index contributed by atoms with van der Waals surface area (Å²) < 4.78 is 29.3. The molecule has 0 saturated carbocycles. The lowest BCUT2D eigenvalue weighted by atomic mass is 10.1. The minimum Gasteiger partial charge on any atom is -0.482 e. The zero-order valence-corrected chi connectivity index (χ0v) is 18.9. The second-order valence-corrected chi connectivity index (χ2v) is 9.65. The van der Waals surface area contributed by atoms with E-state index >= 15 is 0 Å². The normalized spacial score (nSPS) is 12.3. The molecule has 0 aliphatic heterocycles.